The SMILES string of the molecule is CCCC1(C2CCN(C(=O)Cn3ccc(C)n3)CC2)NC(=O)N(Cc2ccco2)C1=O. The quantitative estimate of drug-likeness (QED) is 0.684. The van der Waals surface area contributed by atoms with Crippen LogP contribution in [0.4, 0.5) is 4.79 Å². The first-order chi connectivity index (χ1) is 14.9. The zero-order valence-electron chi connectivity index (χ0n) is 18.0. The van der Waals surface area contributed by atoms with Crippen LogP contribution in [0.15, 0.2) is 35.1 Å². The Bertz CT molecular complexity index is 945. The Morgan fingerprint density at radius 3 is 2.68 bits per heavy atom. The molecule has 0 bridgehead atoms. The summed E-state index contributed by atoms with van der Waals surface area (Å²) in [6.07, 6.45) is 6.03. The number of furan rings is 1. The Morgan fingerprint density at radius 2 is 2.06 bits per heavy atom. The van der Waals surface area contributed by atoms with E-state index in [0.29, 0.717) is 38.1 Å². The number of nitrogens with one attached hydrogen (secondary N) is 1. The second-order valence-corrected chi connectivity index (χ2v) is 8.43. The molecule has 2 aromatic rings. The van der Waals surface area contributed by atoms with Crippen molar-refractivity contribution in [3.05, 3.63) is 42.1 Å². The minimum atomic E-state index is -0.910. The molecule has 9 nitrogen and oxygen atoms in total. The van der Waals surface area contributed by atoms with Crippen molar-refractivity contribution in [3.8, 4) is 0 Å². The molecule has 1 atom stereocenters. The van der Waals surface area contributed by atoms with Crippen molar-refractivity contribution < 1.29 is 18.8 Å². The third-order valence-electron chi connectivity index (χ3n) is 6.36. The highest BCUT2D eigenvalue weighted by atomic mass is 16.3. The van der Waals surface area contributed by atoms with Gasteiger partial charge in [-0.3, -0.25) is 19.2 Å². The van der Waals surface area contributed by atoms with Gasteiger partial charge in [0.05, 0.1) is 18.5 Å². The first-order valence-electron chi connectivity index (χ1n) is 10.9. The number of piperidine rings is 1. The van der Waals surface area contributed by atoms with Gasteiger partial charge in [0, 0.05) is 19.3 Å². The second-order valence-electron chi connectivity index (χ2n) is 8.43. The molecule has 2 aromatic heterocycles. The predicted molar refractivity (Wildman–Crippen MR) is 112 cm³/mol. The predicted octanol–water partition coefficient (Wildman–Crippen LogP) is 2.31. The van der Waals surface area contributed by atoms with Crippen molar-refractivity contribution in [1.29, 1.82) is 0 Å². The van der Waals surface area contributed by atoms with Gasteiger partial charge in [0.25, 0.3) is 5.91 Å². The molecule has 2 aliphatic heterocycles. The van der Waals surface area contributed by atoms with Crippen LogP contribution in [-0.2, 0) is 22.7 Å². The number of rotatable bonds is 7. The normalized spacial score (nSPS) is 22.3. The van der Waals surface area contributed by atoms with Gasteiger partial charge in [-0.1, -0.05) is 13.3 Å². The third kappa shape index (κ3) is 4.08. The van der Waals surface area contributed by atoms with Gasteiger partial charge in [0.2, 0.25) is 5.91 Å². The number of urea groups is 1. The topological polar surface area (TPSA) is 101 Å². The van der Waals surface area contributed by atoms with Crippen molar-refractivity contribution in [2.45, 2.75) is 58.2 Å². The fraction of sp³-hybridized carbons (Fsp3) is 0.545. The first kappa shape index (κ1) is 21.1. The zero-order valence-corrected chi connectivity index (χ0v) is 18.0. The van der Waals surface area contributed by atoms with Gasteiger partial charge in [0.15, 0.2) is 0 Å². The lowest BCUT2D eigenvalue weighted by Gasteiger charge is -2.41. The van der Waals surface area contributed by atoms with Crippen LogP contribution in [0.3, 0.4) is 0 Å². The lowest BCUT2D eigenvalue weighted by molar-refractivity contribution is -0.137. The average Bonchev–Trinajstić information content (AvgIpc) is 3.47. The van der Waals surface area contributed by atoms with Crippen molar-refractivity contribution in [2.24, 2.45) is 5.92 Å². The number of hydrogen-bond acceptors (Lipinski definition) is 5. The number of aromatic nitrogens is 2. The number of aryl methyl sites for hydroxylation is 1. The van der Waals surface area contributed by atoms with E-state index in [1.807, 2.05) is 24.8 Å². The zero-order chi connectivity index (χ0) is 22.0. The van der Waals surface area contributed by atoms with Crippen LogP contribution in [0.25, 0.3) is 0 Å². The van der Waals surface area contributed by atoms with Crippen LogP contribution < -0.4 is 5.32 Å². The molecule has 0 radical (unpaired) electrons. The molecule has 31 heavy (non-hydrogen) atoms. The van der Waals surface area contributed by atoms with Gasteiger partial charge < -0.3 is 14.6 Å². The van der Waals surface area contributed by atoms with E-state index in [2.05, 4.69) is 10.4 Å². The summed E-state index contributed by atoms with van der Waals surface area (Å²) in [4.78, 5) is 41.9. The molecule has 166 valence electrons. The molecule has 2 fully saturated rings. The molecule has 0 saturated carbocycles. The summed E-state index contributed by atoms with van der Waals surface area (Å²) in [6, 6.07) is 5.00. The molecular weight excluding hydrogens is 398 g/mol. The van der Waals surface area contributed by atoms with Crippen molar-refractivity contribution in [1.82, 2.24) is 24.9 Å². The molecule has 4 heterocycles. The maximum absolute atomic E-state index is 13.4. The van der Waals surface area contributed by atoms with Crippen LogP contribution in [-0.4, -0.2) is 56.1 Å². The Kier molecular flexibility index (Phi) is 5.84. The van der Waals surface area contributed by atoms with Crippen molar-refractivity contribution >= 4 is 17.8 Å². The van der Waals surface area contributed by atoms with Crippen molar-refractivity contribution in [2.75, 3.05) is 13.1 Å². The number of carbonyl (C=O) groups excluding carboxylic acids is 3. The van der Waals surface area contributed by atoms with Crippen LogP contribution in [0, 0.1) is 12.8 Å². The summed E-state index contributed by atoms with van der Waals surface area (Å²) in [5.74, 6) is 0.395. The van der Waals surface area contributed by atoms with E-state index in [1.165, 1.54) is 11.2 Å². The number of amides is 4. The highest BCUT2D eigenvalue weighted by Gasteiger charge is 2.55. The molecule has 4 rings (SSSR count). The summed E-state index contributed by atoms with van der Waals surface area (Å²) in [6.45, 7) is 5.38. The van der Waals surface area contributed by atoms with E-state index in [1.54, 1.807) is 23.0 Å². The van der Waals surface area contributed by atoms with E-state index in [9.17, 15) is 14.4 Å². The molecule has 9 heteroatoms. The third-order valence-corrected chi connectivity index (χ3v) is 6.36. The highest BCUT2D eigenvalue weighted by Crippen LogP contribution is 2.37. The number of imide groups is 1. The van der Waals surface area contributed by atoms with Crippen molar-refractivity contribution in [3.63, 3.8) is 0 Å². The smallest absolute Gasteiger partial charge is 0.325 e. The molecule has 0 spiro atoms. The number of likely N-dealkylation sites (tertiary alicyclic amines) is 1. The van der Waals surface area contributed by atoms with Crippen LogP contribution in [0.2, 0.25) is 0 Å². The Morgan fingerprint density at radius 1 is 1.29 bits per heavy atom. The van der Waals surface area contributed by atoms with Crippen LogP contribution in [0.5, 0.6) is 0 Å². The van der Waals surface area contributed by atoms with E-state index >= 15 is 0 Å². The lowest BCUT2D eigenvalue weighted by atomic mass is 9.74. The fourth-order valence-corrected chi connectivity index (χ4v) is 4.80. The Labute approximate surface area is 181 Å². The standard InChI is InChI=1S/C22H29N5O4/c1-3-9-22(20(29)27(21(30)23-22)14-18-5-4-13-31-18)17-7-10-25(11-8-17)19(28)15-26-12-6-16(2)24-26/h4-6,12-13,17H,3,7-11,14-15H2,1-2H3,(H,23,30). The molecule has 1 unspecified atom stereocenters. The summed E-state index contributed by atoms with van der Waals surface area (Å²) < 4.78 is 6.98. The van der Waals surface area contributed by atoms with Crippen LogP contribution >= 0.6 is 0 Å². The summed E-state index contributed by atoms with van der Waals surface area (Å²) >= 11 is 0. The number of carbonyl (C=O) groups is 3. The minimum Gasteiger partial charge on any atom is -0.467 e. The monoisotopic (exact) mass is 427 g/mol. The number of hydrogen-bond donors (Lipinski definition) is 1. The molecule has 2 aliphatic rings. The Balaban J connectivity index is 1.43. The molecule has 2 saturated heterocycles. The molecule has 1 N–H and O–H groups in total. The number of nitrogens with zero attached hydrogens (tertiary/aromatic N) is 4. The van der Waals surface area contributed by atoms with Crippen LogP contribution in [0.1, 0.15) is 44.1 Å². The largest absolute Gasteiger partial charge is 0.467 e. The van der Waals surface area contributed by atoms with Gasteiger partial charge in [-0.2, -0.15) is 5.10 Å². The maximum atomic E-state index is 13.4. The summed E-state index contributed by atoms with van der Waals surface area (Å²) in [5, 5.41) is 7.29. The van der Waals surface area contributed by atoms with E-state index < -0.39 is 5.54 Å². The van der Waals surface area contributed by atoms with E-state index in [4.69, 9.17) is 4.42 Å². The van der Waals surface area contributed by atoms with Gasteiger partial charge >= 0.3 is 6.03 Å². The average molecular weight is 428 g/mol. The highest BCUT2D eigenvalue weighted by molar-refractivity contribution is 6.07. The maximum Gasteiger partial charge on any atom is 0.325 e. The summed E-state index contributed by atoms with van der Waals surface area (Å²) in [7, 11) is 0. The Hall–Kier alpha value is -3.10. The van der Waals surface area contributed by atoms with Gasteiger partial charge in [-0.25, -0.2) is 4.79 Å². The minimum absolute atomic E-state index is 0.0125. The van der Waals surface area contributed by atoms with E-state index in [0.717, 1.165) is 12.1 Å². The first-order valence-corrected chi connectivity index (χ1v) is 10.9. The molecule has 4 amide bonds. The second kappa shape index (κ2) is 8.56. The van der Waals surface area contributed by atoms with Gasteiger partial charge in [0.1, 0.15) is 17.8 Å². The lowest BCUT2D eigenvalue weighted by Crippen LogP contribution is -2.56. The molecule has 0 aromatic carbocycles. The summed E-state index contributed by atoms with van der Waals surface area (Å²) in [5.41, 5.74) is -0.0326. The molecule has 0 aliphatic carbocycles. The molecular formula is C22H29N5O4. The fourth-order valence-electron chi connectivity index (χ4n) is 4.80. The van der Waals surface area contributed by atoms with Gasteiger partial charge in [-0.15, -0.1) is 0 Å². The van der Waals surface area contributed by atoms with E-state index in [-0.39, 0.29) is 36.9 Å². The van der Waals surface area contributed by atoms with Gasteiger partial charge in [-0.05, 0) is 50.3 Å².